The molecule has 1 aromatic carbocycles. The van der Waals surface area contributed by atoms with Crippen LogP contribution >= 0.6 is 30.4 Å². The Bertz CT molecular complexity index is 905. The summed E-state index contributed by atoms with van der Waals surface area (Å²) in [6.45, 7) is 5.78. The number of hydrogen-bond acceptors (Lipinski definition) is 6. The van der Waals surface area contributed by atoms with Gasteiger partial charge in [0, 0.05) is 57.4 Å². The Hall–Kier alpha value is -1.29. The van der Waals surface area contributed by atoms with E-state index in [1.807, 2.05) is 39.4 Å². The number of aliphatic hydroxyl groups excluding tert-OH is 1. The van der Waals surface area contributed by atoms with Crippen molar-refractivity contribution < 1.29 is 14.0 Å². The normalized spacial score (nSPS) is 19.8. The summed E-state index contributed by atoms with van der Waals surface area (Å²) < 4.78 is 10.8. The third-order valence-electron chi connectivity index (χ3n) is 5.27. The van der Waals surface area contributed by atoms with Gasteiger partial charge in [-0.25, -0.2) is 0 Å². The summed E-state index contributed by atoms with van der Waals surface area (Å²) in [5, 5.41) is 10.9. The van der Waals surface area contributed by atoms with Gasteiger partial charge < -0.3 is 18.9 Å². The third-order valence-corrected chi connectivity index (χ3v) is 6.26. The highest BCUT2D eigenvalue weighted by Crippen LogP contribution is 2.34. The van der Waals surface area contributed by atoms with Crippen LogP contribution in [-0.4, -0.2) is 47.9 Å². The minimum atomic E-state index is -0.666. The lowest BCUT2D eigenvalue weighted by Gasteiger charge is -2.30. The number of benzene rings is 1. The van der Waals surface area contributed by atoms with Crippen molar-refractivity contribution in [2.24, 2.45) is 0 Å². The standard InChI is InChI=1S/C22H27IN2O3S/c1-4-25(3)17-9-11-22(2,12-10-17)21-8-6-16-5-7-19(13-20(16)24-21)27-14-18(26)15-28-29-23/h5-11,13,18,26H,4,12,14-15H2,1-3H3. The second-order valence-corrected chi connectivity index (χ2v) is 8.90. The summed E-state index contributed by atoms with van der Waals surface area (Å²) in [6.07, 6.45) is 6.98. The van der Waals surface area contributed by atoms with E-state index < -0.39 is 6.10 Å². The Morgan fingerprint density at radius 1 is 1.31 bits per heavy atom. The molecule has 5 nitrogen and oxygen atoms in total. The van der Waals surface area contributed by atoms with Crippen LogP contribution in [0.5, 0.6) is 5.75 Å². The maximum atomic E-state index is 9.88. The highest BCUT2D eigenvalue weighted by molar-refractivity contribution is 14.2. The molecular weight excluding hydrogens is 499 g/mol. The van der Waals surface area contributed by atoms with Gasteiger partial charge in [0.1, 0.15) is 18.5 Å². The molecule has 0 saturated carbocycles. The first-order valence-corrected chi connectivity index (χ1v) is 13.0. The average molecular weight is 526 g/mol. The van der Waals surface area contributed by atoms with E-state index in [0.717, 1.165) is 29.6 Å². The van der Waals surface area contributed by atoms with E-state index in [1.165, 1.54) is 14.9 Å². The molecule has 29 heavy (non-hydrogen) atoms. The minimum Gasteiger partial charge on any atom is -0.491 e. The first kappa shape index (κ1) is 22.4. The van der Waals surface area contributed by atoms with Gasteiger partial charge in [0.2, 0.25) is 0 Å². The van der Waals surface area contributed by atoms with Crippen molar-refractivity contribution in [3.05, 3.63) is 60.0 Å². The number of ether oxygens (including phenoxy) is 1. The van der Waals surface area contributed by atoms with E-state index in [0.29, 0.717) is 5.75 Å². The summed E-state index contributed by atoms with van der Waals surface area (Å²) in [6, 6.07) is 10.1. The number of allylic oxidation sites excluding steroid dienone is 3. The van der Waals surface area contributed by atoms with Gasteiger partial charge in [-0.3, -0.25) is 4.98 Å². The molecule has 0 spiro atoms. The summed E-state index contributed by atoms with van der Waals surface area (Å²) in [4.78, 5) is 7.17. The Kier molecular flexibility index (Phi) is 7.84. The summed E-state index contributed by atoms with van der Waals surface area (Å²) in [5.74, 6) is 0.694. The highest BCUT2D eigenvalue weighted by Gasteiger charge is 2.27. The summed E-state index contributed by atoms with van der Waals surface area (Å²) in [5.41, 5.74) is 3.06. The molecule has 1 aliphatic carbocycles. The molecule has 1 aromatic heterocycles. The summed E-state index contributed by atoms with van der Waals surface area (Å²) in [7, 11) is 3.31. The van der Waals surface area contributed by atoms with Crippen LogP contribution in [-0.2, 0) is 9.60 Å². The number of pyridine rings is 1. The van der Waals surface area contributed by atoms with Crippen LogP contribution in [0.15, 0.2) is 54.3 Å². The Balaban J connectivity index is 1.75. The fourth-order valence-corrected chi connectivity index (χ4v) is 3.88. The molecule has 0 aliphatic heterocycles. The van der Waals surface area contributed by atoms with Crippen molar-refractivity contribution in [2.75, 3.05) is 26.8 Å². The van der Waals surface area contributed by atoms with Crippen molar-refractivity contribution in [3.63, 3.8) is 0 Å². The van der Waals surface area contributed by atoms with Gasteiger partial charge in [-0.15, -0.1) is 0 Å². The second-order valence-electron chi connectivity index (χ2n) is 7.46. The van der Waals surface area contributed by atoms with Crippen LogP contribution in [0.25, 0.3) is 10.9 Å². The molecule has 0 saturated heterocycles. The third kappa shape index (κ3) is 5.65. The lowest BCUT2D eigenvalue weighted by Crippen LogP contribution is -2.25. The monoisotopic (exact) mass is 526 g/mol. The zero-order valence-electron chi connectivity index (χ0n) is 17.0. The van der Waals surface area contributed by atoms with E-state index in [4.69, 9.17) is 13.9 Å². The van der Waals surface area contributed by atoms with Crippen molar-refractivity contribution in [2.45, 2.75) is 31.8 Å². The van der Waals surface area contributed by atoms with Crippen LogP contribution in [0, 0.1) is 0 Å². The number of rotatable bonds is 9. The topological polar surface area (TPSA) is 54.8 Å². The van der Waals surface area contributed by atoms with E-state index in [9.17, 15) is 5.11 Å². The van der Waals surface area contributed by atoms with Crippen molar-refractivity contribution in [1.82, 2.24) is 9.88 Å². The first-order chi connectivity index (χ1) is 13.9. The molecule has 0 amide bonds. The lowest BCUT2D eigenvalue weighted by molar-refractivity contribution is 0.0707. The Labute approximate surface area is 189 Å². The number of hydrogen-bond donors (Lipinski definition) is 1. The van der Waals surface area contributed by atoms with Crippen LogP contribution in [0.4, 0.5) is 0 Å². The number of halogens is 1. The molecule has 1 N–H and O–H groups in total. The molecule has 0 bridgehead atoms. The number of likely N-dealkylation sites (N-methyl/N-ethyl adjacent to an activating group) is 1. The molecule has 3 rings (SSSR count). The van der Waals surface area contributed by atoms with Crippen LogP contribution in [0.1, 0.15) is 26.0 Å². The van der Waals surface area contributed by atoms with Gasteiger partial charge in [-0.05, 0) is 37.6 Å². The molecule has 2 unspecified atom stereocenters. The molecular formula is C22H27IN2O3S. The van der Waals surface area contributed by atoms with E-state index >= 15 is 0 Å². The maximum absolute atomic E-state index is 9.88. The summed E-state index contributed by atoms with van der Waals surface area (Å²) >= 11 is 2.02. The van der Waals surface area contributed by atoms with E-state index in [-0.39, 0.29) is 18.6 Å². The molecule has 2 aromatic rings. The minimum absolute atomic E-state index is 0.131. The zero-order valence-corrected chi connectivity index (χ0v) is 19.9. The highest BCUT2D eigenvalue weighted by atomic mass is 127. The van der Waals surface area contributed by atoms with Gasteiger partial charge in [-0.1, -0.05) is 25.1 Å². The van der Waals surface area contributed by atoms with E-state index in [1.54, 1.807) is 0 Å². The lowest BCUT2D eigenvalue weighted by atomic mass is 9.79. The maximum Gasteiger partial charge on any atom is 0.121 e. The van der Waals surface area contributed by atoms with Gasteiger partial charge in [0.05, 0.1) is 27.0 Å². The fraction of sp³-hybridized carbons (Fsp3) is 0.409. The predicted molar refractivity (Wildman–Crippen MR) is 128 cm³/mol. The SMILES string of the molecule is CCN(C)C1=CCC(C)(c2ccc3ccc(OCC(O)COSI)cc3n2)C=C1. The van der Waals surface area contributed by atoms with Gasteiger partial charge >= 0.3 is 0 Å². The van der Waals surface area contributed by atoms with Gasteiger partial charge in [0.25, 0.3) is 0 Å². The molecule has 1 heterocycles. The smallest absolute Gasteiger partial charge is 0.121 e. The molecule has 2 atom stereocenters. The average Bonchev–Trinajstić information content (AvgIpc) is 2.75. The van der Waals surface area contributed by atoms with Crippen LogP contribution < -0.4 is 4.74 Å². The molecule has 0 fully saturated rings. The Morgan fingerprint density at radius 3 is 2.79 bits per heavy atom. The zero-order chi connectivity index (χ0) is 20.9. The van der Waals surface area contributed by atoms with Crippen LogP contribution in [0.3, 0.4) is 0 Å². The number of aliphatic hydroxyl groups is 1. The molecule has 0 radical (unpaired) electrons. The largest absolute Gasteiger partial charge is 0.491 e. The Morgan fingerprint density at radius 2 is 2.10 bits per heavy atom. The van der Waals surface area contributed by atoms with Crippen molar-refractivity contribution in [1.29, 1.82) is 0 Å². The predicted octanol–water partition coefficient (Wildman–Crippen LogP) is 5.04. The van der Waals surface area contributed by atoms with Gasteiger partial charge in [0.15, 0.2) is 0 Å². The van der Waals surface area contributed by atoms with Crippen LogP contribution in [0.2, 0.25) is 0 Å². The van der Waals surface area contributed by atoms with Crippen molar-refractivity contribution >= 4 is 41.3 Å². The van der Waals surface area contributed by atoms with E-state index in [2.05, 4.69) is 56.2 Å². The number of nitrogens with zero attached hydrogens (tertiary/aromatic N) is 2. The molecule has 1 aliphatic rings. The number of aromatic nitrogens is 1. The fourth-order valence-electron chi connectivity index (χ4n) is 3.23. The molecule has 156 valence electrons. The number of fused-ring (bicyclic) bond motifs is 1. The first-order valence-electron chi connectivity index (χ1n) is 9.68. The molecule has 7 heteroatoms. The van der Waals surface area contributed by atoms with Gasteiger partial charge in [-0.2, -0.15) is 0 Å². The quantitative estimate of drug-likeness (QED) is 0.365. The van der Waals surface area contributed by atoms with Crippen molar-refractivity contribution in [3.8, 4) is 5.75 Å². The second kappa shape index (κ2) is 10.1.